The summed E-state index contributed by atoms with van der Waals surface area (Å²) in [6, 6.07) is 7.87. The van der Waals surface area contributed by atoms with Crippen molar-refractivity contribution in [1.82, 2.24) is 19.9 Å². The largest absolute Gasteiger partial charge is 0.494 e. The Balaban J connectivity index is 1.53. The van der Waals surface area contributed by atoms with Crippen molar-refractivity contribution in [2.75, 3.05) is 61.3 Å². The van der Waals surface area contributed by atoms with Crippen molar-refractivity contribution in [2.45, 2.75) is 45.1 Å². The number of aromatic nitrogens is 3. The maximum absolute atomic E-state index is 12.4. The van der Waals surface area contributed by atoms with Crippen LogP contribution in [0.25, 0.3) is 0 Å². The van der Waals surface area contributed by atoms with E-state index in [9.17, 15) is 14.7 Å². The van der Waals surface area contributed by atoms with Gasteiger partial charge in [0, 0.05) is 49.6 Å². The number of hydrogen-bond donors (Lipinski definition) is 3. The number of carboxylic acids is 1. The summed E-state index contributed by atoms with van der Waals surface area (Å²) in [7, 11) is 5.68. The monoisotopic (exact) mass is 600 g/mol. The molecule has 0 unspecified atom stereocenters. The summed E-state index contributed by atoms with van der Waals surface area (Å²) in [6.45, 7) is 12.0. The molecule has 3 N–H and O–H groups in total. The molecule has 1 saturated heterocycles. The Morgan fingerprint density at radius 3 is 2.68 bits per heavy atom. The molecule has 1 aromatic carbocycles. The summed E-state index contributed by atoms with van der Waals surface area (Å²) in [5, 5.41) is 16.2. The molecule has 12 nitrogen and oxygen atoms in total. The first-order valence-corrected chi connectivity index (χ1v) is 14.6. The number of rotatable bonds is 10. The lowest BCUT2D eigenvalue weighted by Crippen LogP contribution is -2.37. The van der Waals surface area contributed by atoms with E-state index in [0.717, 1.165) is 48.7 Å². The molecule has 2 aliphatic heterocycles. The molecule has 0 radical (unpaired) electrons. The summed E-state index contributed by atoms with van der Waals surface area (Å²) in [6.07, 6.45) is 4.78. The fourth-order valence-electron chi connectivity index (χ4n) is 5.98. The van der Waals surface area contributed by atoms with Crippen LogP contribution in [0, 0.1) is 6.92 Å². The van der Waals surface area contributed by atoms with E-state index in [-0.39, 0.29) is 28.7 Å². The maximum atomic E-state index is 12.4. The van der Waals surface area contributed by atoms with Crippen molar-refractivity contribution in [3.05, 3.63) is 60.1 Å². The standard InChI is InChI=1S/C32H40N8O4/c1-8-27(41)35-22-14-23(26(44-7)15-25(22)39(6)17-20-10-9-13-38(20)5)36-31-33-16-21(30(42)43)29(37-31)40-18-32(3,4)28-24(40)12-11-19(2)34-28/h8,11-12,14-16,20H,1,9-10,13,17-18H2,2-7H3,(H,35,41)(H,42,43)(H,33,36,37)/t20-/m0/s1. The fourth-order valence-corrected chi connectivity index (χ4v) is 5.98. The molecular weight excluding hydrogens is 560 g/mol. The van der Waals surface area contributed by atoms with E-state index < -0.39 is 5.97 Å². The molecule has 44 heavy (non-hydrogen) atoms. The van der Waals surface area contributed by atoms with E-state index in [2.05, 4.69) is 52.9 Å². The number of likely N-dealkylation sites (N-methyl/N-ethyl adjacent to an activating group) is 2. The molecule has 0 spiro atoms. The quantitative estimate of drug-likeness (QED) is 0.279. The van der Waals surface area contributed by atoms with Crippen LogP contribution in [-0.4, -0.2) is 83.7 Å². The van der Waals surface area contributed by atoms with E-state index in [1.807, 2.05) is 37.1 Å². The van der Waals surface area contributed by atoms with E-state index >= 15 is 0 Å². The van der Waals surface area contributed by atoms with E-state index in [1.165, 1.54) is 12.3 Å². The Kier molecular flexibility index (Phi) is 8.46. The van der Waals surface area contributed by atoms with Crippen LogP contribution >= 0.6 is 0 Å². The molecule has 2 aliphatic rings. The van der Waals surface area contributed by atoms with Gasteiger partial charge in [0.15, 0.2) is 5.82 Å². The van der Waals surface area contributed by atoms with Crippen molar-refractivity contribution >= 4 is 46.4 Å². The van der Waals surface area contributed by atoms with Gasteiger partial charge in [0.1, 0.15) is 11.3 Å². The smallest absolute Gasteiger partial charge is 0.341 e. The van der Waals surface area contributed by atoms with Crippen LogP contribution in [0.3, 0.4) is 0 Å². The molecule has 0 bridgehead atoms. The number of carbonyl (C=O) groups is 2. The lowest BCUT2D eigenvalue weighted by Gasteiger charge is -2.29. The number of nitrogens with one attached hydrogen (secondary N) is 2. The van der Waals surface area contributed by atoms with Gasteiger partial charge in [-0.3, -0.25) is 9.78 Å². The highest BCUT2D eigenvalue weighted by Gasteiger charge is 2.39. The molecule has 1 atom stereocenters. The van der Waals surface area contributed by atoms with Gasteiger partial charge in [-0.1, -0.05) is 20.4 Å². The van der Waals surface area contributed by atoms with Crippen molar-refractivity contribution in [3.8, 4) is 5.75 Å². The van der Waals surface area contributed by atoms with Crippen LogP contribution in [0.2, 0.25) is 0 Å². The predicted octanol–water partition coefficient (Wildman–Crippen LogP) is 4.71. The molecule has 0 saturated carbocycles. The van der Waals surface area contributed by atoms with Gasteiger partial charge in [0.2, 0.25) is 11.9 Å². The van der Waals surface area contributed by atoms with E-state index in [4.69, 9.17) is 14.7 Å². The molecule has 3 aromatic rings. The lowest BCUT2D eigenvalue weighted by molar-refractivity contribution is -0.111. The number of nitrogens with zero attached hydrogens (tertiary/aromatic N) is 6. The van der Waals surface area contributed by atoms with Crippen LogP contribution in [0.4, 0.5) is 34.5 Å². The highest BCUT2D eigenvalue weighted by Crippen LogP contribution is 2.44. The molecule has 12 heteroatoms. The van der Waals surface area contributed by atoms with Gasteiger partial charge >= 0.3 is 5.97 Å². The topological polar surface area (TPSA) is 136 Å². The Morgan fingerprint density at radius 1 is 1.25 bits per heavy atom. The number of anilines is 6. The number of ether oxygens (including phenoxy) is 1. The van der Waals surface area contributed by atoms with Crippen molar-refractivity contribution < 1.29 is 19.4 Å². The van der Waals surface area contributed by atoms with Gasteiger partial charge in [0.05, 0.1) is 35.6 Å². The Hall–Kier alpha value is -4.71. The Labute approximate surface area is 257 Å². The minimum atomic E-state index is -1.13. The second kappa shape index (κ2) is 12.1. The van der Waals surface area contributed by atoms with Gasteiger partial charge < -0.3 is 35.2 Å². The first-order chi connectivity index (χ1) is 20.9. The number of aryl methyl sites for hydroxylation is 1. The molecule has 5 rings (SSSR count). The number of methoxy groups -OCH3 is 1. The number of amides is 1. The van der Waals surface area contributed by atoms with Crippen LogP contribution in [-0.2, 0) is 10.2 Å². The Morgan fingerprint density at radius 2 is 2.02 bits per heavy atom. The van der Waals surface area contributed by atoms with Crippen LogP contribution in [0.15, 0.2) is 43.1 Å². The predicted molar refractivity (Wildman–Crippen MR) is 172 cm³/mol. The number of aromatic carboxylic acids is 1. The zero-order chi connectivity index (χ0) is 31.8. The van der Waals surface area contributed by atoms with Gasteiger partial charge in [-0.15, -0.1) is 0 Å². The van der Waals surface area contributed by atoms with Gasteiger partial charge in [0.25, 0.3) is 0 Å². The molecule has 4 heterocycles. The average Bonchev–Trinajstić information content (AvgIpc) is 3.51. The minimum absolute atomic E-state index is 0.0282. The number of carboxylic acid groups (broad SMARTS) is 1. The third-order valence-electron chi connectivity index (χ3n) is 8.33. The second-order valence-corrected chi connectivity index (χ2v) is 12.1. The van der Waals surface area contributed by atoms with E-state index in [1.54, 1.807) is 13.2 Å². The van der Waals surface area contributed by atoms with Gasteiger partial charge in [-0.05, 0) is 57.6 Å². The average molecular weight is 601 g/mol. The van der Waals surface area contributed by atoms with Gasteiger partial charge in [-0.2, -0.15) is 4.98 Å². The number of fused-ring (bicyclic) bond motifs is 1. The van der Waals surface area contributed by atoms with Crippen LogP contribution in [0.1, 0.15) is 48.4 Å². The lowest BCUT2D eigenvalue weighted by atomic mass is 9.91. The molecule has 2 aromatic heterocycles. The first kappa shape index (κ1) is 30.7. The molecule has 1 amide bonds. The normalized spacial score (nSPS) is 17.2. The summed E-state index contributed by atoms with van der Waals surface area (Å²) in [4.78, 5) is 44.8. The number of likely N-dealkylation sites (tertiary alicyclic amines) is 1. The maximum Gasteiger partial charge on any atom is 0.341 e. The summed E-state index contributed by atoms with van der Waals surface area (Å²) in [5.74, 6) is -0.557. The molecular formula is C32H40N8O4. The zero-order valence-corrected chi connectivity index (χ0v) is 26.1. The summed E-state index contributed by atoms with van der Waals surface area (Å²) >= 11 is 0. The molecule has 0 aliphatic carbocycles. The number of pyridine rings is 1. The zero-order valence-electron chi connectivity index (χ0n) is 26.1. The molecule has 1 fully saturated rings. The highest BCUT2D eigenvalue weighted by atomic mass is 16.5. The number of benzene rings is 1. The third kappa shape index (κ3) is 6.02. The fraction of sp³-hybridized carbons (Fsp3) is 0.406. The van der Waals surface area contributed by atoms with E-state index in [0.29, 0.717) is 29.7 Å². The SMILES string of the molecule is C=CC(=O)Nc1cc(Nc2ncc(C(=O)O)c(N3CC(C)(C)c4nc(C)ccc43)n2)c(OC)cc1N(C)C[C@@H]1CCCN1C. The second-order valence-electron chi connectivity index (χ2n) is 12.1. The first-order valence-electron chi connectivity index (χ1n) is 14.6. The number of carbonyl (C=O) groups excluding carboxylic acids is 1. The highest BCUT2D eigenvalue weighted by molar-refractivity contribution is 6.02. The van der Waals surface area contributed by atoms with Crippen molar-refractivity contribution in [1.29, 1.82) is 0 Å². The van der Waals surface area contributed by atoms with Crippen molar-refractivity contribution in [3.63, 3.8) is 0 Å². The van der Waals surface area contributed by atoms with Crippen LogP contribution in [0.5, 0.6) is 5.75 Å². The Bertz CT molecular complexity index is 1610. The minimum Gasteiger partial charge on any atom is -0.494 e. The molecule has 232 valence electrons. The summed E-state index contributed by atoms with van der Waals surface area (Å²) in [5.41, 5.74) is 4.05. The third-order valence-corrected chi connectivity index (χ3v) is 8.33. The number of hydrogen-bond acceptors (Lipinski definition) is 10. The van der Waals surface area contributed by atoms with Crippen molar-refractivity contribution in [2.24, 2.45) is 0 Å². The summed E-state index contributed by atoms with van der Waals surface area (Å²) < 4.78 is 5.76. The van der Waals surface area contributed by atoms with Crippen LogP contribution < -0.4 is 25.2 Å². The van der Waals surface area contributed by atoms with Gasteiger partial charge in [-0.25, -0.2) is 9.78 Å².